The summed E-state index contributed by atoms with van der Waals surface area (Å²) in [5.41, 5.74) is 5.27. The van der Waals surface area contributed by atoms with E-state index in [1.54, 1.807) is 12.1 Å². The molecule has 0 spiro atoms. The highest BCUT2D eigenvalue weighted by Crippen LogP contribution is 2.00. The van der Waals surface area contributed by atoms with Crippen LogP contribution in [-0.4, -0.2) is 41.2 Å². The van der Waals surface area contributed by atoms with E-state index in [1.165, 1.54) is 12.3 Å². The van der Waals surface area contributed by atoms with Crippen molar-refractivity contribution in [3.8, 4) is 0 Å². The van der Waals surface area contributed by atoms with Gasteiger partial charge in [-0.05, 0) is 25.1 Å². The zero-order chi connectivity index (χ0) is 13.4. The number of carbonyl (C=O) groups excluding carboxylic acids is 3. The van der Waals surface area contributed by atoms with Crippen LogP contribution in [-0.2, 0) is 14.4 Å². The summed E-state index contributed by atoms with van der Waals surface area (Å²) < 4.78 is 0. The summed E-state index contributed by atoms with van der Waals surface area (Å²) in [5.74, 6) is -1.58. The molecule has 0 saturated carbocycles. The number of nitrogens with zero attached hydrogens (tertiary/aromatic N) is 2. The maximum Gasteiger partial charge on any atom is 0.318 e. The first-order chi connectivity index (χ1) is 8.69. The van der Waals surface area contributed by atoms with Gasteiger partial charge in [-0.15, -0.1) is 0 Å². The van der Waals surface area contributed by atoms with Crippen LogP contribution in [0.25, 0.3) is 0 Å². The first-order valence-electron chi connectivity index (χ1n) is 5.37. The average molecular weight is 250 g/mol. The van der Waals surface area contributed by atoms with Crippen molar-refractivity contribution in [1.29, 1.82) is 0 Å². The summed E-state index contributed by atoms with van der Waals surface area (Å²) in [5, 5.41) is 2.30. The van der Waals surface area contributed by atoms with E-state index in [0.717, 1.165) is 4.90 Å². The molecule has 0 bridgehead atoms. The highest BCUT2D eigenvalue weighted by atomic mass is 16.2. The molecule has 0 aliphatic heterocycles. The first-order valence-corrected chi connectivity index (χ1v) is 5.37. The fourth-order valence-corrected chi connectivity index (χ4v) is 1.20. The number of nitrogens with one attached hydrogen (secondary N) is 1. The Bertz CT molecular complexity index is 422. The number of hydrogen-bond acceptors (Lipinski definition) is 5. The van der Waals surface area contributed by atoms with Crippen molar-refractivity contribution in [3.05, 3.63) is 24.4 Å². The number of hydrogen-bond donors (Lipinski definition) is 2. The van der Waals surface area contributed by atoms with Crippen LogP contribution in [0.4, 0.5) is 5.82 Å². The standard InChI is InChI=1S/C11H14N4O3/c12-5-3-7-15(8-16)11(18)10(17)14-9-4-1-2-6-13-9/h1-2,4,6,8H,3,5,7,12H2,(H,13,14,17). The minimum Gasteiger partial charge on any atom is -0.330 e. The lowest BCUT2D eigenvalue weighted by molar-refractivity contribution is -0.146. The normalized spacial score (nSPS) is 9.61. The Morgan fingerprint density at radius 3 is 2.78 bits per heavy atom. The van der Waals surface area contributed by atoms with Gasteiger partial charge < -0.3 is 11.1 Å². The van der Waals surface area contributed by atoms with E-state index in [-0.39, 0.29) is 12.4 Å². The molecule has 0 unspecified atom stereocenters. The summed E-state index contributed by atoms with van der Waals surface area (Å²) in [6.07, 6.45) is 2.24. The van der Waals surface area contributed by atoms with Crippen LogP contribution in [0.5, 0.6) is 0 Å². The number of anilines is 1. The van der Waals surface area contributed by atoms with E-state index in [9.17, 15) is 14.4 Å². The largest absolute Gasteiger partial charge is 0.330 e. The third-order valence-electron chi connectivity index (χ3n) is 2.09. The summed E-state index contributed by atoms with van der Waals surface area (Å²) >= 11 is 0. The zero-order valence-electron chi connectivity index (χ0n) is 9.70. The van der Waals surface area contributed by atoms with Gasteiger partial charge >= 0.3 is 11.8 Å². The third kappa shape index (κ3) is 3.95. The molecule has 3 amide bonds. The Kier molecular flexibility index (Phi) is 5.46. The maximum absolute atomic E-state index is 11.6. The zero-order valence-corrected chi connectivity index (χ0v) is 9.70. The molecule has 1 aromatic rings. The van der Waals surface area contributed by atoms with Crippen molar-refractivity contribution in [2.75, 3.05) is 18.4 Å². The van der Waals surface area contributed by atoms with Crippen molar-refractivity contribution in [2.45, 2.75) is 6.42 Å². The van der Waals surface area contributed by atoms with Crippen molar-refractivity contribution in [3.63, 3.8) is 0 Å². The number of amides is 3. The number of pyridine rings is 1. The van der Waals surface area contributed by atoms with Gasteiger partial charge in [-0.3, -0.25) is 19.3 Å². The summed E-state index contributed by atoms with van der Waals surface area (Å²) in [6, 6.07) is 4.88. The molecule has 7 heteroatoms. The van der Waals surface area contributed by atoms with Gasteiger partial charge in [0.1, 0.15) is 5.82 Å². The number of aromatic nitrogens is 1. The Labute approximate surface area is 104 Å². The number of imide groups is 1. The van der Waals surface area contributed by atoms with Gasteiger partial charge in [0.15, 0.2) is 0 Å². The lowest BCUT2D eigenvalue weighted by Gasteiger charge is -2.13. The predicted molar refractivity (Wildman–Crippen MR) is 64.3 cm³/mol. The summed E-state index contributed by atoms with van der Waals surface area (Å²) in [7, 11) is 0. The SMILES string of the molecule is NCCCN(C=O)C(=O)C(=O)Nc1ccccn1. The minimum atomic E-state index is -0.927. The van der Waals surface area contributed by atoms with Gasteiger partial charge in [-0.1, -0.05) is 6.07 Å². The predicted octanol–water partition coefficient (Wildman–Crippen LogP) is -0.646. The molecule has 0 aliphatic rings. The van der Waals surface area contributed by atoms with Gasteiger partial charge in [0.05, 0.1) is 0 Å². The second-order valence-corrected chi connectivity index (χ2v) is 3.42. The quantitative estimate of drug-likeness (QED) is 0.534. The molecule has 0 aliphatic carbocycles. The van der Waals surface area contributed by atoms with E-state index in [1.807, 2.05) is 0 Å². The van der Waals surface area contributed by atoms with Crippen LogP contribution in [0.2, 0.25) is 0 Å². The maximum atomic E-state index is 11.6. The molecule has 18 heavy (non-hydrogen) atoms. The molecular formula is C11H14N4O3. The second kappa shape index (κ2) is 7.13. The Morgan fingerprint density at radius 1 is 1.44 bits per heavy atom. The molecule has 1 rings (SSSR count). The summed E-state index contributed by atoms with van der Waals surface area (Å²) in [4.78, 5) is 38.4. The van der Waals surface area contributed by atoms with Crippen molar-refractivity contribution >= 4 is 24.0 Å². The fourth-order valence-electron chi connectivity index (χ4n) is 1.20. The molecule has 0 atom stereocenters. The number of nitrogens with two attached hydrogens (primary N) is 1. The van der Waals surface area contributed by atoms with Gasteiger partial charge in [-0.25, -0.2) is 4.98 Å². The lowest BCUT2D eigenvalue weighted by atomic mass is 10.3. The molecule has 7 nitrogen and oxygen atoms in total. The summed E-state index contributed by atoms with van der Waals surface area (Å²) in [6.45, 7) is 0.452. The van der Waals surface area contributed by atoms with Crippen LogP contribution in [0, 0.1) is 0 Å². The van der Waals surface area contributed by atoms with Gasteiger partial charge in [0, 0.05) is 12.7 Å². The molecule has 0 fully saturated rings. The highest BCUT2D eigenvalue weighted by Gasteiger charge is 2.21. The van der Waals surface area contributed by atoms with E-state index in [2.05, 4.69) is 10.3 Å². The second-order valence-electron chi connectivity index (χ2n) is 3.42. The lowest BCUT2D eigenvalue weighted by Crippen LogP contribution is -2.40. The van der Waals surface area contributed by atoms with Crippen LogP contribution < -0.4 is 11.1 Å². The average Bonchev–Trinajstić information content (AvgIpc) is 2.40. The van der Waals surface area contributed by atoms with Gasteiger partial charge in [0.25, 0.3) is 0 Å². The fraction of sp³-hybridized carbons (Fsp3) is 0.273. The van der Waals surface area contributed by atoms with E-state index < -0.39 is 11.8 Å². The van der Waals surface area contributed by atoms with Gasteiger partial charge in [0.2, 0.25) is 6.41 Å². The Balaban J connectivity index is 2.60. The Morgan fingerprint density at radius 2 is 2.22 bits per heavy atom. The first kappa shape index (κ1) is 13.8. The highest BCUT2D eigenvalue weighted by molar-refractivity contribution is 6.40. The molecule has 3 N–H and O–H groups in total. The van der Waals surface area contributed by atoms with E-state index in [4.69, 9.17) is 5.73 Å². The topological polar surface area (TPSA) is 105 Å². The molecular weight excluding hydrogens is 236 g/mol. The van der Waals surface area contributed by atoms with Crippen molar-refractivity contribution in [2.24, 2.45) is 5.73 Å². The molecule has 0 aromatic carbocycles. The molecule has 96 valence electrons. The minimum absolute atomic E-state index is 0.120. The molecule has 1 heterocycles. The van der Waals surface area contributed by atoms with Gasteiger partial charge in [-0.2, -0.15) is 0 Å². The van der Waals surface area contributed by atoms with Crippen molar-refractivity contribution in [1.82, 2.24) is 9.88 Å². The van der Waals surface area contributed by atoms with Crippen LogP contribution in [0.1, 0.15) is 6.42 Å². The van der Waals surface area contributed by atoms with Crippen LogP contribution in [0.15, 0.2) is 24.4 Å². The molecule has 0 saturated heterocycles. The van der Waals surface area contributed by atoms with Crippen LogP contribution >= 0.6 is 0 Å². The van der Waals surface area contributed by atoms with E-state index in [0.29, 0.717) is 19.4 Å². The monoisotopic (exact) mass is 250 g/mol. The van der Waals surface area contributed by atoms with E-state index >= 15 is 0 Å². The number of carbonyl (C=O) groups is 3. The Hall–Kier alpha value is -2.28. The molecule has 0 radical (unpaired) electrons. The number of rotatable bonds is 5. The third-order valence-corrected chi connectivity index (χ3v) is 2.09. The smallest absolute Gasteiger partial charge is 0.318 e. The van der Waals surface area contributed by atoms with Crippen LogP contribution in [0.3, 0.4) is 0 Å². The van der Waals surface area contributed by atoms with Crippen molar-refractivity contribution < 1.29 is 14.4 Å². The molecule has 1 aromatic heterocycles.